The Morgan fingerprint density at radius 2 is 1.23 bits per heavy atom. The largest absolute Gasteiger partial charge is 0.333 e. The topological polar surface area (TPSA) is 51.1 Å². The van der Waals surface area contributed by atoms with Gasteiger partial charge in [0.1, 0.15) is 0 Å². The Hall–Kier alpha value is -3.67. The number of benzene rings is 4. The maximum absolute atomic E-state index is 12.7. The molecule has 0 saturated carbocycles. The summed E-state index contributed by atoms with van der Waals surface area (Å²) < 4.78 is 30.6. The quantitative estimate of drug-likeness (QED) is 0.284. The summed E-state index contributed by atoms with van der Waals surface area (Å²) in [4.78, 5) is 0. The highest BCUT2D eigenvalue weighted by Gasteiger charge is 2.21. The summed E-state index contributed by atoms with van der Waals surface area (Å²) in [7, 11) is -3.43. The lowest BCUT2D eigenvalue weighted by molar-refractivity contribution is 0.578. The van der Waals surface area contributed by atoms with Gasteiger partial charge < -0.3 is 4.57 Å². The van der Waals surface area contributed by atoms with Gasteiger partial charge in [0, 0.05) is 24.2 Å². The maximum atomic E-state index is 12.7. The van der Waals surface area contributed by atoms with Gasteiger partial charge in [0.15, 0.2) is 0 Å². The van der Waals surface area contributed by atoms with E-state index in [0.717, 1.165) is 22.2 Å². The summed E-state index contributed by atoms with van der Waals surface area (Å²) in [5.74, 6) is -0.0204. The summed E-state index contributed by atoms with van der Waals surface area (Å²) >= 11 is 0. The number of nitrogens with zero attached hydrogens (tertiary/aromatic N) is 1. The van der Waals surface area contributed by atoms with Crippen LogP contribution in [0.3, 0.4) is 0 Å². The minimum Gasteiger partial charge on any atom is -0.333 e. The van der Waals surface area contributed by atoms with Crippen molar-refractivity contribution in [2.45, 2.75) is 18.2 Å². The van der Waals surface area contributed by atoms with E-state index in [9.17, 15) is 8.42 Å². The van der Waals surface area contributed by atoms with Crippen LogP contribution in [0.25, 0.3) is 10.9 Å². The zero-order valence-corrected chi connectivity index (χ0v) is 20.2. The third-order valence-corrected chi connectivity index (χ3v) is 7.58. The van der Waals surface area contributed by atoms with E-state index in [1.165, 1.54) is 11.1 Å². The van der Waals surface area contributed by atoms with Gasteiger partial charge in [-0.25, -0.2) is 13.1 Å². The number of nitrogens with one attached hydrogen (secondary N) is 1. The average molecular weight is 481 g/mol. The summed E-state index contributed by atoms with van der Waals surface area (Å²) in [6.45, 7) is 0.335. The van der Waals surface area contributed by atoms with Crippen LogP contribution in [0.4, 0.5) is 0 Å². The fraction of sp³-hybridized carbons (Fsp3) is 0.133. The molecule has 0 bridgehead atoms. The molecule has 0 unspecified atom stereocenters. The van der Waals surface area contributed by atoms with Gasteiger partial charge in [-0.2, -0.15) is 0 Å². The maximum Gasteiger partial charge on any atom is 0.215 e. The normalized spacial score (nSPS) is 11.8. The van der Waals surface area contributed by atoms with E-state index in [0.29, 0.717) is 13.0 Å². The smallest absolute Gasteiger partial charge is 0.215 e. The van der Waals surface area contributed by atoms with E-state index in [1.54, 1.807) is 0 Å². The molecule has 4 aromatic carbocycles. The summed E-state index contributed by atoms with van der Waals surface area (Å²) in [6, 6.07) is 40.7. The number of aromatic nitrogens is 1. The summed E-state index contributed by atoms with van der Waals surface area (Å²) in [6.07, 6.45) is 0.582. The average Bonchev–Trinajstić information content (AvgIpc) is 3.24. The first-order valence-electron chi connectivity index (χ1n) is 11.8. The minimum atomic E-state index is -3.43. The molecule has 35 heavy (non-hydrogen) atoms. The Morgan fingerprint density at radius 3 is 1.86 bits per heavy atom. The molecule has 0 atom stereocenters. The molecule has 5 heteroatoms. The number of rotatable bonds is 9. The third-order valence-electron chi connectivity index (χ3n) is 6.22. The zero-order chi connectivity index (χ0) is 24.1. The Balaban J connectivity index is 1.48. The lowest BCUT2D eigenvalue weighted by atomic mass is 9.98. The van der Waals surface area contributed by atoms with Gasteiger partial charge in [0.2, 0.25) is 10.0 Å². The Kier molecular flexibility index (Phi) is 6.80. The molecule has 0 aliphatic carbocycles. The van der Waals surface area contributed by atoms with Crippen LogP contribution in [0.5, 0.6) is 0 Å². The molecular weight excluding hydrogens is 452 g/mol. The first-order valence-corrected chi connectivity index (χ1v) is 13.5. The van der Waals surface area contributed by atoms with Crippen LogP contribution in [-0.4, -0.2) is 19.5 Å². The van der Waals surface area contributed by atoms with Crippen molar-refractivity contribution in [2.75, 3.05) is 6.54 Å². The highest BCUT2D eigenvalue weighted by atomic mass is 32.2. The van der Waals surface area contributed by atoms with Gasteiger partial charge in [-0.1, -0.05) is 109 Å². The highest BCUT2D eigenvalue weighted by molar-refractivity contribution is 7.88. The highest BCUT2D eigenvalue weighted by Crippen LogP contribution is 2.33. The molecule has 176 valence electrons. The van der Waals surface area contributed by atoms with Crippen molar-refractivity contribution in [1.29, 1.82) is 0 Å². The standard InChI is InChI=1S/C30H28N2O2S/c33-35(34,23-24-12-4-1-5-13-24)31-21-20-28-22-27-18-10-11-19-29(27)32(28)30(25-14-6-2-7-15-25)26-16-8-3-9-17-26/h1-19,22,30-31H,20-21,23H2. The first kappa shape index (κ1) is 23.1. The Bertz CT molecular complexity index is 1460. The minimum absolute atomic E-state index is 0.0202. The predicted octanol–water partition coefficient (Wildman–Crippen LogP) is 5.94. The lowest BCUT2D eigenvalue weighted by Gasteiger charge is -2.24. The molecule has 0 saturated heterocycles. The van der Waals surface area contributed by atoms with Crippen molar-refractivity contribution in [2.24, 2.45) is 0 Å². The van der Waals surface area contributed by atoms with E-state index >= 15 is 0 Å². The molecule has 4 nitrogen and oxygen atoms in total. The molecule has 5 rings (SSSR count). The second-order valence-electron chi connectivity index (χ2n) is 8.68. The zero-order valence-electron chi connectivity index (χ0n) is 19.4. The molecule has 1 N–H and O–H groups in total. The van der Waals surface area contributed by atoms with Crippen LogP contribution in [0.2, 0.25) is 0 Å². The molecule has 0 radical (unpaired) electrons. The molecule has 0 amide bonds. The van der Waals surface area contributed by atoms with Crippen molar-refractivity contribution in [3.8, 4) is 0 Å². The van der Waals surface area contributed by atoms with E-state index in [4.69, 9.17) is 0 Å². The number of para-hydroxylation sites is 1. The third kappa shape index (κ3) is 5.37. The number of hydrogen-bond donors (Lipinski definition) is 1. The fourth-order valence-electron chi connectivity index (χ4n) is 4.67. The van der Waals surface area contributed by atoms with Gasteiger partial charge in [0.25, 0.3) is 0 Å². The van der Waals surface area contributed by atoms with Crippen molar-refractivity contribution in [1.82, 2.24) is 9.29 Å². The van der Waals surface area contributed by atoms with Crippen molar-refractivity contribution in [3.05, 3.63) is 144 Å². The lowest BCUT2D eigenvalue weighted by Crippen LogP contribution is -2.28. The van der Waals surface area contributed by atoms with Crippen LogP contribution in [-0.2, 0) is 22.2 Å². The monoisotopic (exact) mass is 480 g/mol. The van der Waals surface area contributed by atoms with Gasteiger partial charge in [-0.15, -0.1) is 0 Å². The predicted molar refractivity (Wildman–Crippen MR) is 143 cm³/mol. The van der Waals surface area contributed by atoms with E-state index < -0.39 is 10.0 Å². The second kappa shape index (κ2) is 10.3. The van der Waals surface area contributed by atoms with E-state index in [2.05, 4.69) is 82.1 Å². The Morgan fingerprint density at radius 1 is 0.686 bits per heavy atom. The summed E-state index contributed by atoms with van der Waals surface area (Å²) in [5.41, 5.74) is 5.37. The second-order valence-corrected chi connectivity index (χ2v) is 10.5. The number of sulfonamides is 1. The van der Waals surface area contributed by atoms with Crippen LogP contribution in [0.15, 0.2) is 121 Å². The number of fused-ring (bicyclic) bond motifs is 1. The van der Waals surface area contributed by atoms with Gasteiger partial charge in [-0.05, 0) is 34.2 Å². The van der Waals surface area contributed by atoms with Crippen LogP contribution in [0.1, 0.15) is 28.4 Å². The molecule has 0 aliphatic heterocycles. The van der Waals surface area contributed by atoms with Gasteiger partial charge in [-0.3, -0.25) is 0 Å². The number of hydrogen-bond acceptors (Lipinski definition) is 2. The SMILES string of the molecule is O=S(=O)(Cc1ccccc1)NCCc1cc2ccccc2n1C(c1ccccc1)c1ccccc1. The van der Waals surface area contributed by atoms with Crippen LogP contribution >= 0.6 is 0 Å². The first-order chi connectivity index (χ1) is 17.1. The molecule has 0 fully saturated rings. The fourth-order valence-corrected chi connectivity index (χ4v) is 5.82. The van der Waals surface area contributed by atoms with Gasteiger partial charge >= 0.3 is 0 Å². The summed E-state index contributed by atoms with van der Waals surface area (Å²) in [5, 5.41) is 1.14. The van der Waals surface area contributed by atoms with E-state index in [-0.39, 0.29) is 11.8 Å². The van der Waals surface area contributed by atoms with Crippen LogP contribution in [0, 0.1) is 0 Å². The van der Waals surface area contributed by atoms with Crippen LogP contribution < -0.4 is 4.72 Å². The molecule has 1 heterocycles. The Labute approximate surface area is 206 Å². The molecular formula is C30H28N2O2S. The molecule has 0 spiro atoms. The van der Waals surface area contributed by atoms with Crippen molar-refractivity contribution >= 4 is 20.9 Å². The molecule has 1 aromatic heterocycles. The van der Waals surface area contributed by atoms with Crippen molar-refractivity contribution < 1.29 is 8.42 Å². The molecule has 0 aliphatic rings. The van der Waals surface area contributed by atoms with Gasteiger partial charge in [0.05, 0.1) is 11.8 Å². The molecule has 5 aromatic rings. The van der Waals surface area contributed by atoms with E-state index in [1.807, 2.05) is 48.5 Å². The van der Waals surface area contributed by atoms with Crippen molar-refractivity contribution in [3.63, 3.8) is 0 Å².